The van der Waals surface area contributed by atoms with Gasteiger partial charge in [-0.3, -0.25) is 4.68 Å². The number of rotatable bonds is 9. The Morgan fingerprint density at radius 3 is 2.72 bits per heavy atom. The summed E-state index contributed by atoms with van der Waals surface area (Å²) >= 11 is 0. The summed E-state index contributed by atoms with van der Waals surface area (Å²) in [5, 5.41) is 19.8. The fourth-order valence-electron chi connectivity index (χ4n) is 3.34. The third-order valence-corrected chi connectivity index (χ3v) is 4.80. The van der Waals surface area contributed by atoms with Crippen LogP contribution in [-0.2, 0) is 13.2 Å². The van der Waals surface area contributed by atoms with E-state index in [0.29, 0.717) is 31.1 Å². The number of hydrogen-bond acceptors (Lipinski definition) is 5. The first kappa shape index (κ1) is 23.3. The van der Waals surface area contributed by atoms with Crippen LogP contribution in [0.5, 0.6) is 5.75 Å². The van der Waals surface area contributed by atoms with E-state index in [2.05, 4.69) is 34.8 Å². The van der Waals surface area contributed by atoms with Crippen molar-refractivity contribution in [3.05, 3.63) is 71.5 Å². The number of hydrogen-bond donors (Lipinski definition) is 3. The van der Waals surface area contributed by atoms with Crippen molar-refractivity contribution in [2.24, 2.45) is 0 Å². The molecule has 0 aliphatic carbocycles. The highest BCUT2D eigenvalue weighted by molar-refractivity contribution is 6.00. The molecule has 2 aromatic carbocycles. The van der Waals surface area contributed by atoms with Gasteiger partial charge in [0, 0.05) is 18.4 Å². The molecule has 170 valence electrons. The van der Waals surface area contributed by atoms with Crippen LogP contribution in [0.25, 0.3) is 0 Å². The van der Waals surface area contributed by atoms with Crippen LogP contribution in [0.2, 0.25) is 0 Å². The Morgan fingerprint density at radius 2 is 2.00 bits per heavy atom. The fourth-order valence-corrected chi connectivity index (χ4v) is 3.34. The standard InChI is InChI=1S/C24H31N5O3/c1-17-6-5-7-19(10-17)16-32-22-8-9-23(18(2)11-22)27-24(31)26-20-12-25-29(13-20)15-21(30)14-28(3)4/h5-13,21,30H,14-16H2,1-4H3,(H2,26,27,31). The van der Waals surface area contributed by atoms with Gasteiger partial charge < -0.3 is 25.4 Å². The zero-order chi connectivity index (χ0) is 23.1. The third kappa shape index (κ3) is 7.11. The number of aryl methyl sites for hydroxylation is 2. The summed E-state index contributed by atoms with van der Waals surface area (Å²) in [7, 11) is 3.79. The topological polar surface area (TPSA) is 91.7 Å². The highest BCUT2D eigenvalue weighted by Gasteiger charge is 2.10. The molecule has 0 saturated carbocycles. The van der Waals surface area contributed by atoms with Crippen LogP contribution in [-0.4, -0.2) is 52.6 Å². The molecule has 1 heterocycles. The Balaban J connectivity index is 1.52. The quantitative estimate of drug-likeness (QED) is 0.475. The van der Waals surface area contributed by atoms with E-state index in [9.17, 15) is 9.90 Å². The van der Waals surface area contributed by atoms with Crippen molar-refractivity contribution >= 4 is 17.4 Å². The van der Waals surface area contributed by atoms with Gasteiger partial charge in [-0.2, -0.15) is 5.10 Å². The molecule has 0 aliphatic rings. The smallest absolute Gasteiger partial charge is 0.323 e. The van der Waals surface area contributed by atoms with E-state index < -0.39 is 6.10 Å². The van der Waals surface area contributed by atoms with Gasteiger partial charge in [0.15, 0.2) is 0 Å². The summed E-state index contributed by atoms with van der Waals surface area (Å²) in [5.41, 5.74) is 4.45. The minimum Gasteiger partial charge on any atom is -0.489 e. The van der Waals surface area contributed by atoms with Crippen molar-refractivity contribution in [1.29, 1.82) is 0 Å². The summed E-state index contributed by atoms with van der Waals surface area (Å²) < 4.78 is 7.49. The van der Waals surface area contributed by atoms with Crippen LogP contribution in [0, 0.1) is 13.8 Å². The van der Waals surface area contributed by atoms with E-state index in [0.717, 1.165) is 16.9 Å². The lowest BCUT2D eigenvalue weighted by atomic mass is 10.1. The first-order chi connectivity index (χ1) is 15.3. The predicted molar refractivity (Wildman–Crippen MR) is 126 cm³/mol. The van der Waals surface area contributed by atoms with Crippen LogP contribution in [0.1, 0.15) is 16.7 Å². The maximum Gasteiger partial charge on any atom is 0.323 e. The number of benzene rings is 2. The van der Waals surface area contributed by atoms with Crippen LogP contribution in [0.15, 0.2) is 54.9 Å². The summed E-state index contributed by atoms with van der Waals surface area (Å²) in [5.74, 6) is 0.743. The lowest BCUT2D eigenvalue weighted by molar-refractivity contribution is 0.116. The summed E-state index contributed by atoms with van der Waals surface area (Å²) in [6.45, 7) is 5.34. The van der Waals surface area contributed by atoms with E-state index in [1.807, 2.05) is 56.3 Å². The number of anilines is 2. The minimum atomic E-state index is -0.541. The van der Waals surface area contributed by atoms with Gasteiger partial charge in [0.05, 0.1) is 24.5 Å². The summed E-state index contributed by atoms with van der Waals surface area (Å²) in [6, 6.07) is 13.4. The Kier molecular flexibility index (Phi) is 7.86. The van der Waals surface area contributed by atoms with Gasteiger partial charge in [0.1, 0.15) is 12.4 Å². The average molecular weight is 438 g/mol. The lowest BCUT2D eigenvalue weighted by Crippen LogP contribution is -2.29. The fraction of sp³-hybridized carbons (Fsp3) is 0.333. The zero-order valence-corrected chi connectivity index (χ0v) is 19.0. The second kappa shape index (κ2) is 10.8. The van der Waals surface area contributed by atoms with Gasteiger partial charge >= 0.3 is 6.03 Å². The third-order valence-electron chi connectivity index (χ3n) is 4.80. The molecule has 3 N–H and O–H groups in total. The molecule has 0 aliphatic heterocycles. The van der Waals surface area contributed by atoms with Gasteiger partial charge in [-0.15, -0.1) is 0 Å². The maximum atomic E-state index is 12.4. The second-order valence-electron chi connectivity index (χ2n) is 8.20. The molecule has 8 heteroatoms. The molecule has 3 aromatic rings. The average Bonchev–Trinajstić information content (AvgIpc) is 3.14. The van der Waals surface area contributed by atoms with Gasteiger partial charge in [0.2, 0.25) is 0 Å². The molecule has 0 spiro atoms. The molecule has 2 amide bonds. The molecule has 0 bridgehead atoms. The molecule has 8 nitrogen and oxygen atoms in total. The number of carbonyl (C=O) groups excluding carboxylic acids is 1. The molecule has 0 fully saturated rings. The van der Waals surface area contributed by atoms with Crippen LogP contribution < -0.4 is 15.4 Å². The van der Waals surface area contributed by atoms with Crippen molar-refractivity contribution in [2.45, 2.75) is 33.1 Å². The number of nitrogens with zero attached hydrogens (tertiary/aromatic N) is 3. The van der Waals surface area contributed by atoms with Gasteiger partial charge in [-0.25, -0.2) is 4.79 Å². The largest absolute Gasteiger partial charge is 0.489 e. The van der Waals surface area contributed by atoms with E-state index in [1.165, 1.54) is 5.56 Å². The first-order valence-electron chi connectivity index (χ1n) is 10.5. The van der Waals surface area contributed by atoms with E-state index in [4.69, 9.17) is 4.74 Å². The maximum absolute atomic E-state index is 12.4. The predicted octanol–water partition coefficient (Wildman–Crippen LogP) is 3.65. The Morgan fingerprint density at radius 1 is 1.19 bits per heavy atom. The molecule has 3 rings (SSSR count). The van der Waals surface area contributed by atoms with Crippen molar-refractivity contribution in [2.75, 3.05) is 31.3 Å². The van der Waals surface area contributed by atoms with Crippen LogP contribution in [0.3, 0.4) is 0 Å². The molecule has 0 radical (unpaired) electrons. The molecule has 32 heavy (non-hydrogen) atoms. The van der Waals surface area contributed by atoms with Crippen molar-refractivity contribution in [1.82, 2.24) is 14.7 Å². The molecule has 1 aromatic heterocycles. The number of amides is 2. The molecule has 0 saturated heterocycles. The van der Waals surface area contributed by atoms with Gasteiger partial charge in [-0.05, 0) is 57.3 Å². The van der Waals surface area contributed by atoms with Crippen molar-refractivity contribution < 1.29 is 14.6 Å². The van der Waals surface area contributed by atoms with Crippen LogP contribution >= 0.6 is 0 Å². The summed E-state index contributed by atoms with van der Waals surface area (Å²) in [6.07, 6.45) is 2.70. The molecule has 1 atom stereocenters. The van der Waals surface area contributed by atoms with Gasteiger partial charge in [0.25, 0.3) is 0 Å². The highest BCUT2D eigenvalue weighted by atomic mass is 16.5. The number of urea groups is 1. The Hall–Kier alpha value is -3.36. The Labute approximate surface area is 188 Å². The monoisotopic (exact) mass is 437 g/mol. The second-order valence-corrected chi connectivity index (χ2v) is 8.20. The number of aromatic nitrogens is 2. The number of nitrogens with one attached hydrogen (secondary N) is 2. The van der Waals surface area contributed by atoms with Crippen molar-refractivity contribution in [3.8, 4) is 5.75 Å². The highest BCUT2D eigenvalue weighted by Crippen LogP contribution is 2.22. The van der Waals surface area contributed by atoms with Gasteiger partial charge in [-0.1, -0.05) is 29.8 Å². The van der Waals surface area contributed by atoms with Crippen LogP contribution in [0.4, 0.5) is 16.2 Å². The zero-order valence-electron chi connectivity index (χ0n) is 19.0. The normalized spacial score (nSPS) is 11.9. The molecule has 1 unspecified atom stereocenters. The Bertz CT molecular complexity index is 1050. The number of carbonyl (C=O) groups is 1. The van der Waals surface area contributed by atoms with E-state index in [1.54, 1.807) is 17.1 Å². The number of aliphatic hydroxyl groups excluding tert-OH is 1. The van der Waals surface area contributed by atoms with E-state index in [-0.39, 0.29) is 6.03 Å². The SMILES string of the molecule is Cc1cccc(COc2ccc(NC(=O)Nc3cnn(CC(O)CN(C)C)c3)c(C)c2)c1. The minimum absolute atomic E-state index is 0.352. The van der Waals surface area contributed by atoms with E-state index >= 15 is 0 Å². The number of aliphatic hydroxyl groups is 1. The molecular weight excluding hydrogens is 406 g/mol. The lowest BCUT2D eigenvalue weighted by Gasteiger charge is -2.15. The number of ether oxygens (including phenoxy) is 1. The molecular formula is C24H31N5O3. The van der Waals surface area contributed by atoms with Crippen molar-refractivity contribution in [3.63, 3.8) is 0 Å². The first-order valence-corrected chi connectivity index (χ1v) is 10.5. The summed E-state index contributed by atoms with van der Waals surface area (Å²) in [4.78, 5) is 14.3. The number of likely N-dealkylation sites (N-methyl/N-ethyl adjacent to an activating group) is 1.